The highest BCUT2D eigenvalue weighted by molar-refractivity contribution is 6.42. The Balaban J connectivity index is 1.51. The molecule has 0 unspecified atom stereocenters. The molecule has 2 aromatic carbocycles. The molecule has 5 rings (SSSR count). The lowest BCUT2D eigenvalue weighted by atomic mass is 9.59. The van der Waals surface area contributed by atoms with Crippen molar-refractivity contribution in [1.29, 1.82) is 0 Å². The van der Waals surface area contributed by atoms with Gasteiger partial charge in [0.1, 0.15) is 0 Å². The van der Waals surface area contributed by atoms with E-state index in [9.17, 15) is 4.79 Å². The van der Waals surface area contributed by atoms with E-state index in [0.717, 1.165) is 38.7 Å². The lowest BCUT2D eigenvalue weighted by Gasteiger charge is -2.33. The maximum absolute atomic E-state index is 12.9. The van der Waals surface area contributed by atoms with E-state index in [-0.39, 0.29) is 5.91 Å². The van der Waals surface area contributed by atoms with Gasteiger partial charge < -0.3 is 4.90 Å². The molecule has 4 aromatic rings. The van der Waals surface area contributed by atoms with Crippen molar-refractivity contribution in [1.82, 2.24) is 19.7 Å². The van der Waals surface area contributed by atoms with Crippen LogP contribution in [-0.2, 0) is 18.9 Å². The number of carbonyl (C=O) groups excluding carboxylic acids is 1. The molecule has 0 spiro atoms. The minimum Gasteiger partial charge on any atom is -0.340 e. The number of hydrogen-bond donors (Lipinski definition) is 0. The Hall–Kier alpha value is -3.34. The fraction of sp³-hybridized carbons (Fsp3) is 0.208. The predicted octanol–water partition coefficient (Wildman–Crippen LogP) is 3.36. The molecule has 148 valence electrons. The third kappa shape index (κ3) is 2.99. The second kappa shape index (κ2) is 6.84. The van der Waals surface area contributed by atoms with Crippen LogP contribution in [0.5, 0.6) is 0 Å². The van der Waals surface area contributed by atoms with Gasteiger partial charge in [-0.05, 0) is 53.8 Å². The van der Waals surface area contributed by atoms with Gasteiger partial charge in [-0.25, -0.2) is 0 Å². The Labute approximate surface area is 183 Å². The summed E-state index contributed by atoms with van der Waals surface area (Å²) in [5.41, 5.74) is 7.30. The number of pyridine rings is 1. The van der Waals surface area contributed by atoms with Crippen LogP contribution in [0, 0.1) is 13.8 Å². The van der Waals surface area contributed by atoms with Crippen molar-refractivity contribution >= 4 is 32.5 Å². The number of nitrogens with zero attached hydrogens (tertiary/aromatic N) is 4. The number of benzene rings is 2. The fourth-order valence-electron chi connectivity index (χ4n) is 4.36. The molecule has 0 bridgehead atoms. The van der Waals surface area contributed by atoms with Gasteiger partial charge in [-0.15, -0.1) is 0 Å². The third-order valence-corrected chi connectivity index (χ3v) is 6.08. The molecule has 5 nitrogen and oxygen atoms in total. The molecule has 2 aromatic heterocycles. The van der Waals surface area contributed by atoms with Gasteiger partial charge in [0.05, 0.1) is 32.5 Å². The van der Waals surface area contributed by atoms with Crippen LogP contribution >= 0.6 is 0 Å². The minimum absolute atomic E-state index is 0.202. The highest BCUT2D eigenvalue weighted by Crippen LogP contribution is 2.36. The lowest BCUT2D eigenvalue weighted by Crippen LogP contribution is -2.44. The summed E-state index contributed by atoms with van der Waals surface area (Å²) in [5, 5.41) is 4.28. The molecule has 7 heteroatoms. The van der Waals surface area contributed by atoms with Crippen LogP contribution in [-0.4, -0.2) is 41.3 Å². The largest absolute Gasteiger partial charge is 0.340 e. The molecule has 0 saturated carbocycles. The van der Waals surface area contributed by atoms with Crippen molar-refractivity contribution in [2.75, 3.05) is 0 Å². The summed E-state index contributed by atoms with van der Waals surface area (Å²) in [6.07, 6.45) is 3.65. The van der Waals surface area contributed by atoms with Crippen molar-refractivity contribution < 1.29 is 4.79 Å². The predicted molar refractivity (Wildman–Crippen MR) is 123 cm³/mol. The summed E-state index contributed by atoms with van der Waals surface area (Å²) < 4.78 is 1.84. The first-order valence-corrected chi connectivity index (χ1v) is 10.2. The molecule has 1 amide bonds. The molecule has 0 aliphatic carbocycles. The van der Waals surface area contributed by atoms with E-state index in [1.165, 1.54) is 4.90 Å². The smallest absolute Gasteiger partial charge is 0.255 e. The zero-order valence-corrected chi connectivity index (χ0v) is 17.8. The van der Waals surface area contributed by atoms with Crippen LogP contribution in [0.3, 0.4) is 0 Å². The zero-order chi connectivity index (χ0) is 21.9. The van der Waals surface area contributed by atoms with Gasteiger partial charge >= 0.3 is 0 Å². The third-order valence-electron chi connectivity index (χ3n) is 6.08. The van der Waals surface area contributed by atoms with Crippen LogP contribution in [0.4, 0.5) is 0 Å². The van der Waals surface area contributed by atoms with E-state index in [0.29, 0.717) is 17.8 Å². The molecule has 31 heavy (non-hydrogen) atoms. The Bertz CT molecular complexity index is 1360. The van der Waals surface area contributed by atoms with E-state index >= 15 is 0 Å². The van der Waals surface area contributed by atoms with E-state index in [1.807, 2.05) is 30.9 Å². The molecular weight excluding hydrogens is 382 g/mol. The maximum Gasteiger partial charge on any atom is 0.255 e. The van der Waals surface area contributed by atoms with Crippen molar-refractivity contribution in [3.63, 3.8) is 0 Å². The highest BCUT2D eigenvalue weighted by Gasteiger charge is 2.42. The van der Waals surface area contributed by atoms with E-state index in [1.54, 1.807) is 18.3 Å². The molecule has 0 saturated heterocycles. The minimum atomic E-state index is -1.43. The summed E-state index contributed by atoms with van der Waals surface area (Å²) in [6, 6.07) is 13.9. The number of amides is 1. The van der Waals surface area contributed by atoms with Crippen molar-refractivity contribution in [2.24, 2.45) is 7.05 Å². The number of aromatic nitrogens is 3. The van der Waals surface area contributed by atoms with Gasteiger partial charge in [0.25, 0.3) is 5.91 Å². The van der Waals surface area contributed by atoms with Crippen molar-refractivity contribution in [2.45, 2.75) is 25.7 Å². The standard InChI is InChI=1S/C24H20B2N4O/c1-14-6-9-18(20-13-29(3)28-21(14)20)16-7-8-17(15(2)11-16)12-30-23(31)19-5-4-10-27-22(19)24(30,25)26/h4-11,13H,12H2,1-3H3. The first-order valence-electron chi connectivity index (χ1n) is 10.2. The van der Waals surface area contributed by atoms with Gasteiger partial charge in [-0.1, -0.05) is 30.3 Å². The van der Waals surface area contributed by atoms with Gasteiger partial charge in [0.2, 0.25) is 0 Å². The van der Waals surface area contributed by atoms with Gasteiger partial charge in [0.15, 0.2) is 0 Å². The number of aryl methyl sites for hydroxylation is 3. The number of carbonyl (C=O) groups is 1. The molecule has 0 N–H and O–H groups in total. The Morgan fingerprint density at radius 2 is 1.84 bits per heavy atom. The van der Waals surface area contributed by atoms with E-state index in [2.05, 4.69) is 41.3 Å². The molecule has 3 heterocycles. The monoisotopic (exact) mass is 402 g/mol. The van der Waals surface area contributed by atoms with Crippen molar-refractivity contribution in [3.05, 3.63) is 82.8 Å². The Morgan fingerprint density at radius 3 is 2.58 bits per heavy atom. The van der Waals surface area contributed by atoms with Crippen LogP contribution < -0.4 is 0 Å². The topological polar surface area (TPSA) is 51.0 Å². The van der Waals surface area contributed by atoms with Crippen LogP contribution in [0.1, 0.15) is 32.7 Å². The second-order valence-corrected chi connectivity index (χ2v) is 8.25. The first kappa shape index (κ1) is 19.6. The van der Waals surface area contributed by atoms with Gasteiger partial charge in [-0.3, -0.25) is 14.5 Å². The highest BCUT2D eigenvalue weighted by atomic mass is 16.2. The van der Waals surface area contributed by atoms with Gasteiger partial charge in [0, 0.05) is 36.7 Å². The Morgan fingerprint density at radius 1 is 1.03 bits per heavy atom. The first-order chi connectivity index (χ1) is 14.8. The van der Waals surface area contributed by atoms with Crippen molar-refractivity contribution in [3.8, 4) is 11.1 Å². The summed E-state index contributed by atoms with van der Waals surface area (Å²) in [4.78, 5) is 18.6. The fourth-order valence-corrected chi connectivity index (χ4v) is 4.36. The average molecular weight is 402 g/mol. The summed E-state index contributed by atoms with van der Waals surface area (Å²) in [5.74, 6) is -0.202. The molecule has 4 radical (unpaired) electrons. The second-order valence-electron chi connectivity index (χ2n) is 8.25. The quantitative estimate of drug-likeness (QED) is 0.494. The van der Waals surface area contributed by atoms with Crippen LogP contribution in [0.25, 0.3) is 22.0 Å². The Kier molecular flexibility index (Phi) is 4.33. The number of fused-ring (bicyclic) bond motifs is 2. The summed E-state index contributed by atoms with van der Waals surface area (Å²) in [6.45, 7) is 4.41. The maximum atomic E-state index is 12.9. The molecule has 0 atom stereocenters. The van der Waals surface area contributed by atoms with Crippen LogP contribution in [0.15, 0.2) is 54.9 Å². The molecule has 0 fully saturated rings. The molecule has 1 aliphatic rings. The van der Waals surface area contributed by atoms with E-state index < -0.39 is 5.34 Å². The van der Waals surface area contributed by atoms with E-state index in [4.69, 9.17) is 15.7 Å². The van der Waals surface area contributed by atoms with Crippen LogP contribution in [0.2, 0.25) is 0 Å². The average Bonchev–Trinajstić information content (AvgIpc) is 3.22. The summed E-state index contributed by atoms with van der Waals surface area (Å²) in [7, 11) is 14.6. The normalized spacial score (nSPS) is 14.9. The number of rotatable bonds is 3. The molecular formula is C24H20B2N4O. The zero-order valence-electron chi connectivity index (χ0n) is 17.8. The number of hydrogen-bond acceptors (Lipinski definition) is 3. The van der Waals surface area contributed by atoms with Gasteiger partial charge in [-0.2, -0.15) is 5.10 Å². The lowest BCUT2D eigenvalue weighted by molar-refractivity contribution is 0.0731. The summed E-state index contributed by atoms with van der Waals surface area (Å²) >= 11 is 0. The SMILES string of the molecule is [B]C1([B])c2ncccc2C(=O)N1Cc1ccc(-c2ccc(C)c3nn(C)cc23)cc1C. The molecule has 1 aliphatic heterocycles.